The van der Waals surface area contributed by atoms with E-state index in [0.717, 1.165) is 29.6 Å². The lowest BCUT2D eigenvalue weighted by atomic mass is 10.2. The van der Waals surface area contributed by atoms with Crippen molar-refractivity contribution in [2.24, 2.45) is 0 Å². The van der Waals surface area contributed by atoms with E-state index in [0.29, 0.717) is 12.3 Å². The maximum atomic E-state index is 5.73. The van der Waals surface area contributed by atoms with Crippen LogP contribution in [-0.4, -0.2) is 16.5 Å². The molecule has 3 rings (SSSR count). The number of benzene rings is 1. The molecule has 5 nitrogen and oxygen atoms in total. The lowest BCUT2D eigenvalue weighted by Gasteiger charge is -2.04. The van der Waals surface area contributed by atoms with Crippen molar-refractivity contribution in [3.05, 3.63) is 48.5 Å². The molecule has 5 heteroatoms. The molecule has 0 radical (unpaired) electrons. The summed E-state index contributed by atoms with van der Waals surface area (Å²) in [5.41, 5.74) is 1.71. The number of aromatic nitrogens is 2. The Balaban J connectivity index is 1.76. The second kappa shape index (κ2) is 6.37. The second-order valence-corrected chi connectivity index (χ2v) is 4.71. The average molecular weight is 283 g/mol. The molecule has 0 bridgehead atoms. The maximum absolute atomic E-state index is 5.73. The normalized spacial score (nSPS) is 10.9. The molecule has 0 unspecified atom stereocenters. The predicted octanol–water partition coefficient (Wildman–Crippen LogP) is 3.51. The van der Waals surface area contributed by atoms with E-state index >= 15 is 0 Å². The highest BCUT2D eigenvalue weighted by Gasteiger charge is 2.09. The van der Waals surface area contributed by atoms with Gasteiger partial charge in [0.2, 0.25) is 0 Å². The van der Waals surface area contributed by atoms with Gasteiger partial charge in [0.1, 0.15) is 12.0 Å². The summed E-state index contributed by atoms with van der Waals surface area (Å²) in [6.45, 7) is 3.76. The summed E-state index contributed by atoms with van der Waals surface area (Å²) in [6.07, 6.45) is 4.71. The summed E-state index contributed by atoms with van der Waals surface area (Å²) >= 11 is 0. The molecule has 0 saturated carbocycles. The smallest absolute Gasteiger partial charge is 0.399 e. The van der Waals surface area contributed by atoms with Crippen molar-refractivity contribution in [2.75, 3.05) is 6.54 Å². The summed E-state index contributed by atoms with van der Waals surface area (Å²) in [5, 5.41) is 4.20. The third-order valence-electron chi connectivity index (χ3n) is 3.07. The quantitative estimate of drug-likeness (QED) is 0.701. The van der Waals surface area contributed by atoms with Crippen LogP contribution < -0.4 is 10.1 Å². The summed E-state index contributed by atoms with van der Waals surface area (Å²) in [6, 6.07) is 9.56. The highest BCUT2D eigenvalue weighted by molar-refractivity contribution is 5.84. The standard InChI is InChI=1S/C16H17N3O2/c1-2-8-17-10-12-11-20-16(19-12)21-15-7-3-6-14-13(15)5-4-9-18-14/h3-7,9,11,17H,2,8,10H2,1H3. The van der Waals surface area contributed by atoms with Gasteiger partial charge in [-0.3, -0.25) is 4.98 Å². The summed E-state index contributed by atoms with van der Waals surface area (Å²) in [5.74, 6) is 0.690. The largest absolute Gasteiger partial charge is 0.417 e. The Morgan fingerprint density at radius 3 is 3.10 bits per heavy atom. The lowest BCUT2D eigenvalue weighted by Crippen LogP contribution is -2.13. The fraction of sp³-hybridized carbons (Fsp3) is 0.250. The molecule has 0 atom stereocenters. The highest BCUT2D eigenvalue weighted by atomic mass is 16.6. The Morgan fingerprint density at radius 1 is 1.24 bits per heavy atom. The van der Waals surface area contributed by atoms with Crippen molar-refractivity contribution in [3.8, 4) is 11.8 Å². The maximum Gasteiger partial charge on any atom is 0.399 e. The zero-order valence-electron chi connectivity index (χ0n) is 11.9. The van der Waals surface area contributed by atoms with E-state index in [2.05, 4.69) is 22.2 Å². The molecule has 0 aliphatic heterocycles. The Bertz CT molecular complexity index is 719. The first kappa shape index (κ1) is 13.6. The Kier molecular flexibility index (Phi) is 4.12. The molecular weight excluding hydrogens is 266 g/mol. The number of ether oxygens (including phenoxy) is 1. The number of hydrogen-bond acceptors (Lipinski definition) is 5. The minimum Gasteiger partial charge on any atom is -0.417 e. The van der Waals surface area contributed by atoms with E-state index in [1.165, 1.54) is 0 Å². The molecule has 1 N–H and O–H groups in total. The molecule has 1 aromatic carbocycles. The zero-order chi connectivity index (χ0) is 14.5. The second-order valence-electron chi connectivity index (χ2n) is 4.71. The minimum absolute atomic E-state index is 0.250. The first-order chi connectivity index (χ1) is 10.4. The van der Waals surface area contributed by atoms with Gasteiger partial charge in [0, 0.05) is 18.1 Å². The molecule has 0 saturated heterocycles. The Labute approximate surface area is 123 Å². The molecule has 2 aromatic heterocycles. The first-order valence-corrected chi connectivity index (χ1v) is 7.03. The van der Waals surface area contributed by atoms with Gasteiger partial charge in [-0.2, -0.15) is 4.98 Å². The van der Waals surface area contributed by atoms with Crippen molar-refractivity contribution in [2.45, 2.75) is 19.9 Å². The summed E-state index contributed by atoms with van der Waals surface area (Å²) < 4.78 is 11.1. The molecule has 0 spiro atoms. The van der Waals surface area contributed by atoms with Crippen molar-refractivity contribution >= 4 is 10.9 Å². The number of fused-ring (bicyclic) bond motifs is 1. The van der Waals surface area contributed by atoms with E-state index in [1.807, 2.05) is 30.3 Å². The van der Waals surface area contributed by atoms with Gasteiger partial charge in [-0.05, 0) is 37.2 Å². The molecule has 2 heterocycles. The van der Waals surface area contributed by atoms with Crippen molar-refractivity contribution < 1.29 is 9.15 Å². The van der Waals surface area contributed by atoms with E-state index in [1.54, 1.807) is 12.5 Å². The monoisotopic (exact) mass is 283 g/mol. The number of pyridine rings is 1. The van der Waals surface area contributed by atoms with Gasteiger partial charge >= 0.3 is 6.08 Å². The van der Waals surface area contributed by atoms with Crippen LogP contribution in [-0.2, 0) is 6.54 Å². The van der Waals surface area contributed by atoms with Gasteiger partial charge in [0.15, 0.2) is 0 Å². The summed E-state index contributed by atoms with van der Waals surface area (Å²) in [4.78, 5) is 8.61. The van der Waals surface area contributed by atoms with Crippen LogP contribution >= 0.6 is 0 Å². The molecule has 3 aromatic rings. The fourth-order valence-corrected chi connectivity index (χ4v) is 2.07. The highest BCUT2D eigenvalue weighted by Crippen LogP contribution is 2.28. The van der Waals surface area contributed by atoms with Crippen LogP contribution in [0.25, 0.3) is 10.9 Å². The van der Waals surface area contributed by atoms with Gasteiger partial charge in [0.25, 0.3) is 0 Å². The number of rotatable bonds is 6. The van der Waals surface area contributed by atoms with E-state index in [9.17, 15) is 0 Å². The number of oxazole rings is 1. The third-order valence-corrected chi connectivity index (χ3v) is 3.07. The molecule has 0 amide bonds. The number of hydrogen-bond donors (Lipinski definition) is 1. The predicted molar refractivity (Wildman–Crippen MR) is 80.3 cm³/mol. The van der Waals surface area contributed by atoms with Gasteiger partial charge in [-0.25, -0.2) is 0 Å². The van der Waals surface area contributed by atoms with Gasteiger partial charge < -0.3 is 14.5 Å². The minimum atomic E-state index is 0.250. The van der Waals surface area contributed by atoms with Crippen molar-refractivity contribution in [3.63, 3.8) is 0 Å². The van der Waals surface area contributed by atoms with Crippen molar-refractivity contribution in [1.29, 1.82) is 0 Å². The SMILES string of the molecule is CCCNCc1coc(Oc2cccc3ncccc23)n1. The number of nitrogens with one attached hydrogen (secondary N) is 1. The van der Waals surface area contributed by atoms with Crippen molar-refractivity contribution in [1.82, 2.24) is 15.3 Å². The molecule has 0 aliphatic carbocycles. The van der Waals surface area contributed by atoms with Crippen LogP contribution in [0.2, 0.25) is 0 Å². The molecular formula is C16H17N3O2. The van der Waals surface area contributed by atoms with E-state index < -0.39 is 0 Å². The first-order valence-electron chi connectivity index (χ1n) is 7.03. The number of nitrogens with zero attached hydrogens (tertiary/aromatic N) is 2. The van der Waals surface area contributed by atoms with Gasteiger partial charge in [0.05, 0.1) is 11.2 Å². The molecule has 108 valence electrons. The lowest BCUT2D eigenvalue weighted by molar-refractivity contribution is 0.333. The van der Waals surface area contributed by atoms with Gasteiger partial charge in [-0.1, -0.05) is 13.0 Å². The zero-order valence-corrected chi connectivity index (χ0v) is 11.9. The molecule has 0 fully saturated rings. The Morgan fingerprint density at radius 2 is 2.19 bits per heavy atom. The van der Waals surface area contributed by atoms with E-state index in [4.69, 9.17) is 9.15 Å². The van der Waals surface area contributed by atoms with Crippen LogP contribution in [0.15, 0.2) is 47.2 Å². The molecule has 0 aliphatic rings. The van der Waals surface area contributed by atoms with E-state index in [-0.39, 0.29) is 6.08 Å². The van der Waals surface area contributed by atoms with Crippen LogP contribution in [0.4, 0.5) is 0 Å². The third kappa shape index (κ3) is 3.20. The van der Waals surface area contributed by atoms with Crippen LogP contribution in [0.3, 0.4) is 0 Å². The fourth-order valence-electron chi connectivity index (χ4n) is 2.07. The average Bonchev–Trinajstić information content (AvgIpc) is 2.96. The topological polar surface area (TPSA) is 60.2 Å². The summed E-state index contributed by atoms with van der Waals surface area (Å²) in [7, 11) is 0. The van der Waals surface area contributed by atoms with Crippen LogP contribution in [0, 0.1) is 0 Å². The van der Waals surface area contributed by atoms with Gasteiger partial charge in [-0.15, -0.1) is 0 Å². The van der Waals surface area contributed by atoms with Crippen LogP contribution in [0.5, 0.6) is 11.8 Å². The molecule has 21 heavy (non-hydrogen) atoms. The Hall–Kier alpha value is -2.40. The van der Waals surface area contributed by atoms with Crippen LogP contribution in [0.1, 0.15) is 19.0 Å².